The van der Waals surface area contributed by atoms with Crippen molar-refractivity contribution in [3.05, 3.63) is 12.2 Å². The van der Waals surface area contributed by atoms with E-state index in [2.05, 4.69) is 11.9 Å². The molecular weight excluding hydrogens is 182 g/mol. The van der Waals surface area contributed by atoms with E-state index in [1.807, 2.05) is 13.8 Å². The molecule has 0 saturated heterocycles. The number of amides is 1. The fraction of sp³-hybridized carbons (Fsp3) is 0.700. The first-order chi connectivity index (χ1) is 6.66. The molecule has 0 aliphatic heterocycles. The zero-order valence-corrected chi connectivity index (χ0v) is 8.97. The highest BCUT2D eigenvalue weighted by Gasteiger charge is 1.98. The third kappa shape index (κ3) is 9.22. The first-order valence-electron chi connectivity index (χ1n) is 4.73. The second kappa shape index (κ2) is 8.72. The van der Waals surface area contributed by atoms with Gasteiger partial charge in [-0.1, -0.05) is 12.2 Å². The van der Waals surface area contributed by atoms with Crippen molar-refractivity contribution in [2.24, 2.45) is 0 Å². The maximum atomic E-state index is 11.0. The van der Waals surface area contributed by atoms with Crippen LogP contribution >= 0.6 is 0 Å². The van der Waals surface area contributed by atoms with E-state index in [1.165, 1.54) is 0 Å². The Labute approximate surface area is 85.3 Å². The summed E-state index contributed by atoms with van der Waals surface area (Å²) in [6.07, 6.45) is 0. The highest BCUT2D eigenvalue weighted by atomic mass is 16.5. The van der Waals surface area contributed by atoms with Crippen LogP contribution in [0.1, 0.15) is 13.8 Å². The maximum absolute atomic E-state index is 11.0. The first-order valence-corrected chi connectivity index (χ1v) is 4.73. The van der Waals surface area contributed by atoms with Gasteiger partial charge in [0.25, 0.3) is 0 Å². The molecule has 4 nitrogen and oxygen atoms in total. The highest BCUT2D eigenvalue weighted by molar-refractivity contribution is 5.77. The lowest BCUT2D eigenvalue weighted by Crippen LogP contribution is -2.30. The van der Waals surface area contributed by atoms with Gasteiger partial charge in [0.1, 0.15) is 6.61 Å². The van der Waals surface area contributed by atoms with Crippen molar-refractivity contribution in [1.29, 1.82) is 0 Å². The van der Waals surface area contributed by atoms with Gasteiger partial charge < -0.3 is 14.8 Å². The summed E-state index contributed by atoms with van der Waals surface area (Å²) in [5, 5.41) is 2.67. The molecule has 0 bridgehead atoms. The van der Waals surface area contributed by atoms with Crippen LogP contribution < -0.4 is 5.32 Å². The van der Waals surface area contributed by atoms with E-state index in [1.54, 1.807) is 0 Å². The molecule has 0 aromatic carbocycles. The minimum atomic E-state index is -0.106. The van der Waals surface area contributed by atoms with Crippen LogP contribution in [0, 0.1) is 0 Å². The lowest BCUT2D eigenvalue weighted by Gasteiger charge is -2.06. The third-order valence-electron chi connectivity index (χ3n) is 1.35. The van der Waals surface area contributed by atoms with Crippen LogP contribution in [-0.2, 0) is 14.3 Å². The Hall–Kier alpha value is -0.870. The molecule has 0 rings (SSSR count). The van der Waals surface area contributed by atoms with Crippen molar-refractivity contribution in [2.45, 2.75) is 13.8 Å². The van der Waals surface area contributed by atoms with Gasteiger partial charge >= 0.3 is 0 Å². The monoisotopic (exact) mass is 201 g/mol. The molecule has 1 amide bonds. The summed E-state index contributed by atoms with van der Waals surface area (Å²) >= 11 is 0. The number of nitrogens with one attached hydrogen (secondary N) is 1. The van der Waals surface area contributed by atoms with E-state index in [0.29, 0.717) is 26.4 Å². The van der Waals surface area contributed by atoms with E-state index >= 15 is 0 Å². The van der Waals surface area contributed by atoms with Gasteiger partial charge in [0.05, 0.1) is 13.2 Å². The van der Waals surface area contributed by atoms with Crippen LogP contribution in [0.25, 0.3) is 0 Å². The van der Waals surface area contributed by atoms with Gasteiger partial charge in [-0.05, 0) is 13.8 Å². The van der Waals surface area contributed by atoms with Gasteiger partial charge in [-0.2, -0.15) is 0 Å². The molecule has 4 heteroatoms. The molecule has 82 valence electrons. The van der Waals surface area contributed by atoms with Gasteiger partial charge in [-0.3, -0.25) is 4.79 Å². The Balaban J connectivity index is 3.19. The molecule has 0 aromatic rings. The number of carbonyl (C=O) groups is 1. The van der Waals surface area contributed by atoms with Crippen LogP contribution in [0.4, 0.5) is 0 Å². The Morgan fingerprint density at radius 1 is 1.36 bits per heavy atom. The normalized spacial score (nSPS) is 9.86. The fourth-order valence-corrected chi connectivity index (χ4v) is 0.755. The topological polar surface area (TPSA) is 47.6 Å². The molecule has 0 aromatic heterocycles. The van der Waals surface area contributed by atoms with Crippen LogP contribution in [0.2, 0.25) is 0 Å². The zero-order valence-electron chi connectivity index (χ0n) is 8.97. The molecular formula is C10H19NO3. The molecule has 0 aliphatic rings. The minimum Gasteiger partial charge on any atom is -0.375 e. The smallest absolute Gasteiger partial charge is 0.246 e. The van der Waals surface area contributed by atoms with Crippen LogP contribution in [0.5, 0.6) is 0 Å². The second-order valence-electron chi connectivity index (χ2n) is 3.00. The predicted octanol–water partition coefficient (Wildman–Crippen LogP) is 0.732. The van der Waals surface area contributed by atoms with Crippen LogP contribution in [0.15, 0.2) is 12.2 Å². The van der Waals surface area contributed by atoms with E-state index < -0.39 is 0 Å². The Bertz CT molecular complexity index is 180. The largest absolute Gasteiger partial charge is 0.375 e. The Kier molecular flexibility index (Phi) is 8.17. The Morgan fingerprint density at radius 3 is 2.64 bits per heavy atom. The van der Waals surface area contributed by atoms with Crippen molar-refractivity contribution in [1.82, 2.24) is 5.32 Å². The summed E-state index contributed by atoms with van der Waals surface area (Å²) in [5.74, 6) is -0.106. The van der Waals surface area contributed by atoms with Gasteiger partial charge in [-0.25, -0.2) is 0 Å². The molecule has 0 unspecified atom stereocenters. The summed E-state index contributed by atoms with van der Waals surface area (Å²) in [7, 11) is 0. The summed E-state index contributed by atoms with van der Waals surface area (Å²) in [6, 6.07) is 0. The second-order valence-corrected chi connectivity index (χ2v) is 3.00. The lowest BCUT2D eigenvalue weighted by molar-refractivity contribution is -0.125. The molecule has 0 atom stereocenters. The third-order valence-corrected chi connectivity index (χ3v) is 1.35. The number of rotatable bonds is 8. The van der Waals surface area contributed by atoms with Crippen molar-refractivity contribution < 1.29 is 14.3 Å². The van der Waals surface area contributed by atoms with E-state index in [9.17, 15) is 4.79 Å². The van der Waals surface area contributed by atoms with Crippen molar-refractivity contribution in [2.75, 3.05) is 33.0 Å². The maximum Gasteiger partial charge on any atom is 0.246 e. The van der Waals surface area contributed by atoms with Crippen molar-refractivity contribution in [3.63, 3.8) is 0 Å². The van der Waals surface area contributed by atoms with Crippen LogP contribution in [-0.4, -0.2) is 38.9 Å². The standard InChI is InChI=1S/C10H19NO3/c1-4-13-8-10(12)11-5-6-14-7-9(2)3/h2,4-8H2,1,3H3,(H,11,12). The summed E-state index contributed by atoms with van der Waals surface area (Å²) in [6.45, 7) is 9.68. The molecule has 0 fully saturated rings. The Morgan fingerprint density at radius 2 is 2.07 bits per heavy atom. The number of ether oxygens (including phenoxy) is 2. The zero-order chi connectivity index (χ0) is 10.8. The van der Waals surface area contributed by atoms with E-state index in [0.717, 1.165) is 5.57 Å². The summed E-state index contributed by atoms with van der Waals surface area (Å²) in [4.78, 5) is 11.0. The van der Waals surface area contributed by atoms with Crippen molar-refractivity contribution in [3.8, 4) is 0 Å². The molecule has 0 saturated carbocycles. The molecule has 0 radical (unpaired) electrons. The SMILES string of the molecule is C=C(C)COCCNC(=O)COCC. The lowest BCUT2D eigenvalue weighted by atomic mass is 10.4. The minimum absolute atomic E-state index is 0.106. The average molecular weight is 201 g/mol. The van der Waals surface area contributed by atoms with Gasteiger partial charge in [0.15, 0.2) is 0 Å². The molecule has 14 heavy (non-hydrogen) atoms. The molecule has 1 N–H and O–H groups in total. The summed E-state index contributed by atoms with van der Waals surface area (Å²) < 4.78 is 10.1. The first kappa shape index (κ1) is 13.1. The highest BCUT2D eigenvalue weighted by Crippen LogP contribution is 1.86. The van der Waals surface area contributed by atoms with Crippen molar-refractivity contribution >= 4 is 5.91 Å². The number of hydrogen-bond acceptors (Lipinski definition) is 3. The number of carbonyl (C=O) groups excluding carboxylic acids is 1. The van der Waals surface area contributed by atoms with Gasteiger partial charge in [0.2, 0.25) is 5.91 Å². The quantitative estimate of drug-likeness (QED) is 0.465. The molecule has 0 heterocycles. The predicted molar refractivity (Wildman–Crippen MR) is 55.1 cm³/mol. The van der Waals surface area contributed by atoms with Gasteiger partial charge in [-0.15, -0.1) is 0 Å². The molecule has 0 aliphatic carbocycles. The van der Waals surface area contributed by atoms with E-state index in [-0.39, 0.29) is 12.5 Å². The van der Waals surface area contributed by atoms with Gasteiger partial charge in [0, 0.05) is 13.2 Å². The average Bonchev–Trinajstić information content (AvgIpc) is 2.13. The summed E-state index contributed by atoms with van der Waals surface area (Å²) in [5.41, 5.74) is 0.977. The number of hydrogen-bond donors (Lipinski definition) is 1. The van der Waals surface area contributed by atoms with E-state index in [4.69, 9.17) is 9.47 Å². The fourth-order valence-electron chi connectivity index (χ4n) is 0.755. The van der Waals surface area contributed by atoms with Crippen LogP contribution in [0.3, 0.4) is 0 Å². The molecule has 0 spiro atoms.